The molecular formula is C28H34ClN3O3S. The lowest BCUT2D eigenvalue weighted by Gasteiger charge is -2.26. The minimum Gasteiger partial charge on any atom is -0.494 e. The lowest BCUT2D eigenvalue weighted by molar-refractivity contribution is -0.114. The van der Waals surface area contributed by atoms with Crippen LogP contribution in [-0.2, 0) is 11.2 Å². The molecule has 3 aromatic carbocycles. The second-order valence-electron chi connectivity index (χ2n) is 8.10. The Balaban J connectivity index is 0.000000192. The minimum absolute atomic E-state index is 0.0766. The van der Waals surface area contributed by atoms with E-state index in [4.69, 9.17) is 21.5 Å². The van der Waals surface area contributed by atoms with E-state index in [1.54, 1.807) is 48.5 Å². The highest BCUT2D eigenvalue weighted by Gasteiger charge is 2.11. The van der Waals surface area contributed by atoms with Gasteiger partial charge < -0.3 is 15.0 Å². The summed E-state index contributed by atoms with van der Waals surface area (Å²) >= 11 is 6.95. The molecule has 6 nitrogen and oxygen atoms in total. The number of carbonyl (C=O) groups excluding carboxylic acids is 2. The van der Waals surface area contributed by atoms with Crippen molar-refractivity contribution in [2.24, 2.45) is 5.14 Å². The lowest BCUT2D eigenvalue weighted by Crippen LogP contribution is -2.24. The molecule has 0 fully saturated rings. The van der Waals surface area contributed by atoms with Crippen LogP contribution in [0.5, 0.6) is 5.75 Å². The predicted molar refractivity (Wildman–Crippen MR) is 152 cm³/mol. The van der Waals surface area contributed by atoms with Crippen molar-refractivity contribution >= 4 is 47.1 Å². The van der Waals surface area contributed by atoms with Crippen LogP contribution in [0.25, 0.3) is 0 Å². The molecule has 0 spiro atoms. The molecule has 0 bridgehead atoms. The normalized spacial score (nSPS) is 11.6. The third kappa shape index (κ3) is 11.2. The van der Waals surface area contributed by atoms with Gasteiger partial charge in [0.25, 0.3) is 0 Å². The fraction of sp³-hybridized carbons (Fsp3) is 0.286. The number of aryl methyl sites for hydroxylation is 1. The van der Waals surface area contributed by atoms with Gasteiger partial charge in [-0.05, 0) is 79.4 Å². The number of carbonyl (C=O) groups is 2. The van der Waals surface area contributed by atoms with Crippen molar-refractivity contribution in [1.82, 2.24) is 0 Å². The van der Waals surface area contributed by atoms with E-state index in [9.17, 15) is 9.59 Å². The van der Waals surface area contributed by atoms with Crippen molar-refractivity contribution in [1.29, 1.82) is 0 Å². The van der Waals surface area contributed by atoms with Gasteiger partial charge >= 0.3 is 0 Å². The summed E-state index contributed by atoms with van der Waals surface area (Å²) in [5.41, 5.74) is 4.34. The number of hydrogen-bond acceptors (Lipinski definition) is 6. The minimum atomic E-state index is -0.0766. The highest BCUT2D eigenvalue weighted by atomic mass is 35.5. The summed E-state index contributed by atoms with van der Waals surface area (Å²) in [5.74, 6) is 1.61. The fourth-order valence-electron chi connectivity index (χ4n) is 3.43. The standard InChI is InChI=1S/C10H13NO2S.C10H13N.C8H8ClNO/c11-14-7-1-6-13-10-4-2-9(8-12)3-5-10;1-11-8-4-6-9-5-2-3-7-10(9)11;1-6(11)10-8-4-2-7(9)3-5-8/h2-5,8H,1,6-7,11H2;2-3,5,7H,4,6,8H2,1H3;2-5H,1H3,(H,10,11). The molecule has 0 atom stereocenters. The Labute approximate surface area is 223 Å². The van der Waals surface area contributed by atoms with Crippen molar-refractivity contribution in [2.45, 2.75) is 26.2 Å². The second-order valence-corrected chi connectivity index (χ2v) is 9.28. The molecule has 0 aromatic heterocycles. The zero-order valence-corrected chi connectivity index (χ0v) is 22.4. The van der Waals surface area contributed by atoms with E-state index in [0.717, 1.165) is 29.9 Å². The average Bonchev–Trinajstić information content (AvgIpc) is 2.89. The molecule has 0 unspecified atom stereocenters. The number of aldehydes is 1. The first-order chi connectivity index (χ1) is 17.4. The maximum Gasteiger partial charge on any atom is 0.221 e. The van der Waals surface area contributed by atoms with Gasteiger partial charge in [0, 0.05) is 48.2 Å². The highest BCUT2D eigenvalue weighted by molar-refractivity contribution is 7.97. The number of anilines is 2. The number of nitrogens with two attached hydrogens (primary N) is 1. The Hall–Kier alpha value is -3.00. The van der Waals surface area contributed by atoms with Gasteiger partial charge in [-0.2, -0.15) is 0 Å². The molecule has 1 heterocycles. The first-order valence-electron chi connectivity index (χ1n) is 11.7. The summed E-state index contributed by atoms with van der Waals surface area (Å²) in [6, 6.07) is 22.7. The smallest absolute Gasteiger partial charge is 0.221 e. The van der Waals surface area contributed by atoms with E-state index in [-0.39, 0.29) is 5.91 Å². The summed E-state index contributed by atoms with van der Waals surface area (Å²) in [6.07, 6.45) is 4.29. The van der Waals surface area contributed by atoms with E-state index in [1.807, 2.05) is 0 Å². The Morgan fingerprint density at radius 1 is 1.11 bits per heavy atom. The van der Waals surface area contributed by atoms with Gasteiger partial charge in [0.15, 0.2) is 0 Å². The molecule has 3 aromatic rings. The summed E-state index contributed by atoms with van der Waals surface area (Å²) < 4.78 is 5.42. The number of ether oxygens (including phenoxy) is 1. The van der Waals surface area contributed by atoms with Crippen molar-refractivity contribution in [3.05, 3.63) is 88.9 Å². The average molecular weight is 528 g/mol. The number of fused-ring (bicyclic) bond motifs is 1. The molecule has 0 aliphatic carbocycles. The van der Waals surface area contributed by atoms with E-state index >= 15 is 0 Å². The SMILES string of the molecule is CC(=O)Nc1ccc(Cl)cc1.CN1CCCc2ccccc21.NSCCCOc1ccc(C=O)cc1. The van der Waals surface area contributed by atoms with Crippen LogP contribution in [0.3, 0.4) is 0 Å². The number of hydrogen-bond donors (Lipinski definition) is 2. The van der Waals surface area contributed by atoms with Crippen LogP contribution < -0.4 is 20.1 Å². The van der Waals surface area contributed by atoms with Crippen LogP contribution in [0.1, 0.15) is 35.7 Å². The summed E-state index contributed by atoms with van der Waals surface area (Å²) in [5, 5.41) is 8.57. The molecule has 1 aliphatic heterocycles. The van der Waals surface area contributed by atoms with Crippen molar-refractivity contribution in [2.75, 3.05) is 36.2 Å². The van der Waals surface area contributed by atoms with Crippen LogP contribution in [-0.4, -0.2) is 38.1 Å². The highest BCUT2D eigenvalue weighted by Crippen LogP contribution is 2.24. The Kier molecular flexibility index (Phi) is 13.5. The van der Waals surface area contributed by atoms with Gasteiger partial charge in [-0.1, -0.05) is 41.7 Å². The number of para-hydroxylation sites is 1. The van der Waals surface area contributed by atoms with Crippen LogP contribution in [0, 0.1) is 0 Å². The number of nitrogens with zero attached hydrogens (tertiary/aromatic N) is 1. The molecule has 0 saturated carbocycles. The zero-order chi connectivity index (χ0) is 26.2. The molecule has 36 heavy (non-hydrogen) atoms. The number of halogens is 1. The quantitative estimate of drug-likeness (QED) is 0.215. The largest absolute Gasteiger partial charge is 0.494 e. The first kappa shape index (κ1) is 29.2. The van der Waals surface area contributed by atoms with E-state index in [2.05, 4.69) is 41.5 Å². The van der Waals surface area contributed by atoms with Crippen LogP contribution >= 0.6 is 23.5 Å². The van der Waals surface area contributed by atoms with Crippen LogP contribution in [0.15, 0.2) is 72.8 Å². The molecule has 3 N–H and O–H groups in total. The third-order valence-corrected chi connectivity index (χ3v) is 5.97. The number of nitrogens with one attached hydrogen (secondary N) is 1. The second kappa shape index (κ2) is 16.6. The zero-order valence-electron chi connectivity index (χ0n) is 20.8. The Bertz CT molecular complexity index is 1060. The Morgan fingerprint density at radius 2 is 1.81 bits per heavy atom. The van der Waals surface area contributed by atoms with E-state index in [0.29, 0.717) is 17.2 Å². The van der Waals surface area contributed by atoms with E-state index < -0.39 is 0 Å². The number of benzene rings is 3. The topological polar surface area (TPSA) is 84.7 Å². The molecule has 4 rings (SSSR count). The van der Waals surface area contributed by atoms with E-state index in [1.165, 1.54) is 49.5 Å². The summed E-state index contributed by atoms with van der Waals surface area (Å²) in [7, 11) is 2.16. The molecular weight excluding hydrogens is 494 g/mol. The van der Waals surface area contributed by atoms with Crippen molar-refractivity contribution < 1.29 is 14.3 Å². The molecule has 0 radical (unpaired) electrons. The van der Waals surface area contributed by atoms with Gasteiger partial charge in [0.1, 0.15) is 12.0 Å². The van der Waals surface area contributed by atoms with Crippen molar-refractivity contribution in [3.63, 3.8) is 0 Å². The maximum atomic E-state index is 10.6. The molecule has 1 aliphatic rings. The van der Waals surface area contributed by atoms with Gasteiger partial charge in [0.2, 0.25) is 5.91 Å². The van der Waals surface area contributed by atoms with Crippen molar-refractivity contribution in [3.8, 4) is 5.75 Å². The number of amides is 1. The van der Waals surface area contributed by atoms with Gasteiger partial charge in [-0.15, -0.1) is 0 Å². The van der Waals surface area contributed by atoms with Crippen LogP contribution in [0.2, 0.25) is 5.02 Å². The molecule has 8 heteroatoms. The fourth-order valence-corrected chi connectivity index (χ4v) is 3.84. The molecule has 0 saturated heterocycles. The maximum absolute atomic E-state index is 10.6. The van der Waals surface area contributed by atoms with Gasteiger partial charge in [0.05, 0.1) is 6.61 Å². The van der Waals surface area contributed by atoms with Gasteiger partial charge in [-0.25, -0.2) is 0 Å². The lowest BCUT2D eigenvalue weighted by atomic mass is 10.0. The number of rotatable bonds is 7. The summed E-state index contributed by atoms with van der Waals surface area (Å²) in [4.78, 5) is 23.2. The Morgan fingerprint density at radius 3 is 2.42 bits per heavy atom. The van der Waals surface area contributed by atoms with Crippen LogP contribution in [0.4, 0.5) is 11.4 Å². The molecule has 1 amide bonds. The third-order valence-electron chi connectivity index (χ3n) is 5.20. The molecule has 192 valence electrons. The first-order valence-corrected chi connectivity index (χ1v) is 13.2. The van der Waals surface area contributed by atoms with Gasteiger partial charge in [-0.3, -0.25) is 14.7 Å². The summed E-state index contributed by atoms with van der Waals surface area (Å²) in [6.45, 7) is 3.33. The predicted octanol–water partition coefficient (Wildman–Crippen LogP) is 6.24. The monoisotopic (exact) mass is 527 g/mol.